The second kappa shape index (κ2) is 9.08. The van der Waals surface area contributed by atoms with Crippen molar-refractivity contribution >= 4 is 11.7 Å². The lowest BCUT2D eigenvalue weighted by Crippen LogP contribution is -2.53. The van der Waals surface area contributed by atoms with E-state index in [0.29, 0.717) is 17.4 Å². The molecule has 1 aliphatic heterocycles. The molecule has 0 aromatic heterocycles. The number of carbonyl (C=O) groups excluding carboxylic acids is 2. The Bertz CT molecular complexity index is 680. The molecular weight excluding hydrogens is 352 g/mol. The van der Waals surface area contributed by atoms with Crippen molar-refractivity contribution in [3.05, 3.63) is 29.8 Å². The van der Waals surface area contributed by atoms with Crippen molar-refractivity contribution in [1.29, 1.82) is 0 Å². The molecule has 0 spiro atoms. The molecule has 1 aromatic carbocycles. The molecule has 4 unspecified atom stereocenters. The number of likely N-dealkylation sites (tertiary alicyclic amines) is 1. The van der Waals surface area contributed by atoms with Gasteiger partial charge in [-0.3, -0.25) is 14.5 Å². The molecule has 3 rings (SSSR count). The molecule has 2 fully saturated rings. The maximum atomic E-state index is 12.8. The molecule has 2 aliphatic rings. The predicted octanol–water partition coefficient (Wildman–Crippen LogP) is 3.62. The molecule has 1 amide bonds. The Morgan fingerprint density at radius 1 is 1.07 bits per heavy atom. The van der Waals surface area contributed by atoms with E-state index in [-0.39, 0.29) is 35.4 Å². The van der Waals surface area contributed by atoms with Crippen LogP contribution in [0.4, 0.5) is 0 Å². The zero-order valence-electron chi connectivity index (χ0n) is 17.4. The van der Waals surface area contributed by atoms with Crippen LogP contribution in [0.2, 0.25) is 0 Å². The van der Waals surface area contributed by atoms with Crippen LogP contribution in [0.1, 0.15) is 63.2 Å². The first-order valence-corrected chi connectivity index (χ1v) is 10.7. The van der Waals surface area contributed by atoms with E-state index >= 15 is 0 Å². The second-order valence-corrected chi connectivity index (χ2v) is 8.78. The first-order valence-electron chi connectivity index (χ1n) is 10.7. The highest BCUT2D eigenvalue weighted by Gasteiger charge is 2.33. The number of nitrogens with one attached hydrogen (secondary N) is 1. The number of phenols is 1. The monoisotopic (exact) mass is 386 g/mol. The molecular formula is C23H34N2O3. The lowest BCUT2D eigenvalue weighted by Gasteiger charge is -2.38. The topological polar surface area (TPSA) is 69.6 Å². The number of amides is 1. The van der Waals surface area contributed by atoms with Crippen LogP contribution < -0.4 is 5.32 Å². The average molecular weight is 387 g/mol. The largest absolute Gasteiger partial charge is 0.508 e. The third kappa shape index (κ3) is 4.75. The van der Waals surface area contributed by atoms with Crippen LogP contribution in [-0.4, -0.2) is 46.9 Å². The van der Waals surface area contributed by atoms with Gasteiger partial charge in [-0.25, -0.2) is 0 Å². The SMILES string of the molecule is CC1CCCC(NC(=O)C(C)N2CCC(C(=O)c3ccc(O)cc3)CC2)C1C. The standard InChI is InChI=1S/C23H34N2O3/c1-15-5-4-6-21(16(15)2)24-23(28)17(3)25-13-11-19(12-14-25)22(27)18-7-9-20(26)10-8-18/h7-10,15-17,19,21,26H,4-6,11-14H2,1-3H3,(H,24,28). The molecule has 1 saturated carbocycles. The van der Waals surface area contributed by atoms with Gasteiger partial charge in [-0.15, -0.1) is 0 Å². The van der Waals surface area contributed by atoms with Crippen LogP contribution in [0.15, 0.2) is 24.3 Å². The summed E-state index contributed by atoms with van der Waals surface area (Å²) < 4.78 is 0. The Hall–Kier alpha value is -1.88. The van der Waals surface area contributed by atoms with Gasteiger partial charge in [0.05, 0.1) is 6.04 Å². The third-order valence-electron chi connectivity index (χ3n) is 7.01. The minimum absolute atomic E-state index is 0.00438. The zero-order valence-corrected chi connectivity index (χ0v) is 17.4. The van der Waals surface area contributed by atoms with Gasteiger partial charge in [0.1, 0.15) is 5.75 Å². The number of hydrogen-bond acceptors (Lipinski definition) is 4. The van der Waals surface area contributed by atoms with Crippen LogP contribution >= 0.6 is 0 Å². The van der Waals surface area contributed by atoms with Crippen molar-refractivity contribution in [2.24, 2.45) is 17.8 Å². The zero-order chi connectivity index (χ0) is 20.3. The Morgan fingerprint density at radius 2 is 1.71 bits per heavy atom. The van der Waals surface area contributed by atoms with E-state index in [0.717, 1.165) is 32.4 Å². The summed E-state index contributed by atoms with van der Waals surface area (Å²) in [6, 6.07) is 6.62. The molecule has 1 heterocycles. The van der Waals surface area contributed by atoms with Crippen molar-refractivity contribution in [2.75, 3.05) is 13.1 Å². The average Bonchev–Trinajstić information content (AvgIpc) is 2.71. The molecule has 1 aromatic rings. The van der Waals surface area contributed by atoms with Crippen LogP contribution in [0.3, 0.4) is 0 Å². The lowest BCUT2D eigenvalue weighted by molar-refractivity contribution is -0.127. The summed E-state index contributed by atoms with van der Waals surface area (Å²) in [7, 11) is 0. The molecule has 154 valence electrons. The second-order valence-electron chi connectivity index (χ2n) is 8.78. The summed E-state index contributed by atoms with van der Waals surface area (Å²) in [6.07, 6.45) is 5.07. The Morgan fingerprint density at radius 3 is 2.36 bits per heavy atom. The number of nitrogens with zero attached hydrogens (tertiary/aromatic N) is 1. The minimum Gasteiger partial charge on any atom is -0.508 e. The van der Waals surface area contributed by atoms with Crippen molar-refractivity contribution in [3.8, 4) is 5.75 Å². The predicted molar refractivity (Wildman–Crippen MR) is 110 cm³/mol. The highest BCUT2D eigenvalue weighted by atomic mass is 16.3. The summed E-state index contributed by atoms with van der Waals surface area (Å²) in [5, 5.41) is 12.7. The molecule has 1 saturated heterocycles. The van der Waals surface area contributed by atoms with Crippen molar-refractivity contribution < 1.29 is 14.7 Å². The molecule has 4 atom stereocenters. The van der Waals surface area contributed by atoms with E-state index in [9.17, 15) is 14.7 Å². The molecule has 28 heavy (non-hydrogen) atoms. The van der Waals surface area contributed by atoms with E-state index in [1.165, 1.54) is 12.8 Å². The molecule has 5 nitrogen and oxygen atoms in total. The van der Waals surface area contributed by atoms with Crippen LogP contribution in [0.25, 0.3) is 0 Å². The summed E-state index contributed by atoms with van der Waals surface area (Å²) in [5.74, 6) is 1.62. The van der Waals surface area contributed by atoms with E-state index in [1.54, 1.807) is 24.3 Å². The van der Waals surface area contributed by atoms with Gasteiger partial charge in [0, 0.05) is 17.5 Å². The number of hydrogen-bond donors (Lipinski definition) is 2. The number of rotatable bonds is 5. The Kier molecular flexibility index (Phi) is 6.76. The number of piperidine rings is 1. The van der Waals surface area contributed by atoms with Gasteiger partial charge in [-0.1, -0.05) is 26.7 Å². The van der Waals surface area contributed by atoms with E-state index in [2.05, 4.69) is 24.1 Å². The molecule has 1 aliphatic carbocycles. The van der Waals surface area contributed by atoms with Crippen LogP contribution in [-0.2, 0) is 4.79 Å². The van der Waals surface area contributed by atoms with Crippen LogP contribution in [0, 0.1) is 17.8 Å². The Labute approximate surface area is 168 Å². The molecule has 5 heteroatoms. The summed E-state index contributed by atoms with van der Waals surface area (Å²) >= 11 is 0. The number of carbonyl (C=O) groups is 2. The van der Waals surface area contributed by atoms with Gasteiger partial charge in [-0.2, -0.15) is 0 Å². The van der Waals surface area contributed by atoms with Gasteiger partial charge in [0.2, 0.25) is 5.91 Å². The number of aromatic hydroxyl groups is 1. The first-order chi connectivity index (χ1) is 13.4. The fraction of sp³-hybridized carbons (Fsp3) is 0.652. The number of ketones is 1. The molecule has 0 bridgehead atoms. The van der Waals surface area contributed by atoms with Crippen molar-refractivity contribution in [1.82, 2.24) is 10.2 Å². The van der Waals surface area contributed by atoms with Gasteiger partial charge >= 0.3 is 0 Å². The van der Waals surface area contributed by atoms with Gasteiger partial charge in [0.25, 0.3) is 0 Å². The summed E-state index contributed by atoms with van der Waals surface area (Å²) in [6.45, 7) is 8.04. The third-order valence-corrected chi connectivity index (χ3v) is 7.01. The summed E-state index contributed by atoms with van der Waals surface area (Å²) in [5.41, 5.74) is 0.655. The quantitative estimate of drug-likeness (QED) is 0.759. The van der Waals surface area contributed by atoms with Gasteiger partial charge in [0.15, 0.2) is 5.78 Å². The van der Waals surface area contributed by atoms with E-state index < -0.39 is 0 Å². The normalized spacial score (nSPS) is 27.9. The summed E-state index contributed by atoms with van der Waals surface area (Å²) in [4.78, 5) is 27.7. The van der Waals surface area contributed by atoms with Crippen LogP contribution in [0.5, 0.6) is 5.75 Å². The highest BCUT2D eigenvalue weighted by molar-refractivity contribution is 5.98. The number of phenolic OH excluding ortho intramolecular Hbond substituents is 1. The van der Waals surface area contributed by atoms with E-state index in [4.69, 9.17) is 0 Å². The number of Topliss-reactive ketones (excluding diaryl/α,β-unsaturated/α-hetero) is 1. The number of benzene rings is 1. The molecule has 2 N–H and O–H groups in total. The molecule has 0 radical (unpaired) electrons. The maximum Gasteiger partial charge on any atom is 0.237 e. The van der Waals surface area contributed by atoms with E-state index in [1.807, 2.05) is 6.92 Å². The van der Waals surface area contributed by atoms with Gasteiger partial charge < -0.3 is 10.4 Å². The minimum atomic E-state index is -0.158. The fourth-order valence-corrected chi connectivity index (χ4v) is 4.67. The van der Waals surface area contributed by atoms with Crippen molar-refractivity contribution in [2.45, 2.75) is 65.0 Å². The highest BCUT2D eigenvalue weighted by Crippen LogP contribution is 2.30. The maximum absolute atomic E-state index is 12.8. The fourth-order valence-electron chi connectivity index (χ4n) is 4.67. The Balaban J connectivity index is 1.50. The smallest absolute Gasteiger partial charge is 0.237 e. The first kappa shape index (κ1) is 20.8. The van der Waals surface area contributed by atoms with Crippen molar-refractivity contribution in [3.63, 3.8) is 0 Å². The lowest BCUT2D eigenvalue weighted by atomic mass is 9.78. The van der Waals surface area contributed by atoms with Gasteiger partial charge in [-0.05, 0) is 75.4 Å².